The highest BCUT2D eigenvalue weighted by Crippen LogP contribution is 2.34. The number of hydrogen-bond donors (Lipinski definition) is 0. The number of hydrogen-bond acceptors (Lipinski definition) is 1. The Hall–Kier alpha value is -1.64. The molecule has 0 heterocycles. The highest BCUT2D eigenvalue weighted by molar-refractivity contribution is 5.31. The second-order valence-electron chi connectivity index (χ2n) is 6.73. The molecular formula is C21H28F2O. The highest BCUT2D eigenvalue weighted by Gasteiger charge is 2.21. The molecule has 0 spiro atoms. The lowest BCUT2D eigenvalue weighted by Gasteiger charge is -2.28. The lowest BCUT2D eigenvalue weighted by molar-refractivity contribution is 0.254. The first-order valence-electron chi connectivity index (χ1n) is 9.01. The van der Waals surface area contributed by atoms with E-state index in [1.54, 1.807) is 19.1 Å². The van der Waals surface area contributed by atoms with Gasteiger partial charge in [-0.3, -0.25) is 0 Å². The number of benzene rings is 1. The van der Waals surface area contributed by atoms with E-state index in [0.29, 0.717) is 17.9 Å². The zero-order valence-corrected chi connectivity index (χ0v) is 14.6. The van der Waals surface area contributed by atoms with E-state index in [0.717, 1.165) is 18.8 Å². The van der Waals surface area contributed by atoms with Crippen molar-refractivity contribution in [2.24, 2.45) is 11.8 Å². The Morgan fingerprint density at radius 3 is 2.38 bits per heavy atom. The molecule has 0 aliphatic heterocycles. The Bertz CT molecular complexity index is 557. The van der Waals surface area contributed by atoms with E-state index in [2.05, 4.69) is 6.58 Å². The fraction of sp³-hybridized carbons (Fsp3) is 0.524. The number of aryl methyl sites for hydroxylation is 1. The van der Waals surface area contributed by atoms with Crippen molar-refractivity contribution in [3.05, 3.63) is 54.3 Å². The summed E-state index contributed by atoms with van der Waals surface area (Å²) in [6.45, 7) is 5.54. The van der Waals surface area contributed by atoms with Gasteiger partial charge in [0.15, 0.2) is 11.6 Å². The summed E-state index contributed by atoms with van der Waals surface area (Å²) in [5.41, 5.74) is 0.453. The van der Waals surface area contributed by atoms with E-state index in [9.17, 15) is 8.78 Å². The minimum atomic E-state index is -0.890. The van der Waals surface area contributed by atoms with Gasteiger partial charge in [-0.05, 0) is 56.1 Å². The van der Waals surface area contributed by atoms with Gasteiger partial charge < -0.3 is 4.74 Å². The first-order valence-corrected chi connectivity index (χ1v) is 9.01. The van der Waals surface area contributed by atoms with Crippen LogP contribution >= 0.6 is 0 Å². The molecule has 0 atom stereocenters. The Kier molecular flexibility index (Phi) is 7.48. The van der Waals surface area contributed by atoms with Crippen LogP contribution in [-0.4, -0.2) is 0 Å². The largest absolute Gasteiger partial charge is 0.462 e. The molecule has 1 nitrogen and oxygen atoms in total. The van der Waals surface area contributed by atoms with Crippen molar-refractivity contribution in [1.29, 1.82) is 0 Å². The number of ether oxygens (including phenoxy) is 1. The van der Waals surface area contributed by atoms with Gasteiger partial charge >= 0.3 is 0 Å². The molecule has 0 unspecified atom stereocenters. The maximum absolute atomic E-state index is 14.2. The fourth-order valence-corrected chi connectivity index (χ4v) is 3.52. The molecule has 1 aromatic rings. The lowest BCUT2D eigenvalue weighted by Crippen LogP contribution is -2.15. The van der Waals surface area contributed by atoms with Crippen LogP contribution < -0.4 is 4.74 Å². The Balaban J connectivity index is 1.84. The van der Waals surface area contributed by atoms with E-state index in [4.69, 9.17) is 4.74 Å². The van der Waals surface area contributed by atoms with E-state index in [1.165, 1.54) is 44.4 Å². The quantitative estimate of drug-likeness (QED) is 0.385. The van der Waals surface area contributed by atoms with Gasteiger partial charge in [0.25, 0.3) is 0 Å². The molecule has 3 heteroatoms. The van der Waals surface area contributed by atoms with Crippen molar-refractivity contribution in [3.8, 4) is 5.75 Å². The molecule has 2 rings (SSSR count). The normalized spacial score (nSPS) is 21.1. The summed E-state index contributed by atoms with van der Waals surface area (Å²) in [4.78, 5) is 0. The third-order valence-electron chi connectivity index (χ3n) is 5.03. The summed E-state index contributed by atoms with van der Waals surface area (Å²) in [5, 5.41) is 0. The SMILES string of the molecule is C=CCCC1CCC(CCc2ccc(OC=CC)c(F)c2F)CC1. The van der Waals surface area contributed by atoms with Crippen LogP contribution in [0.15, 0.2) is 37.1 Å². The van der Waals surface area contributed by atoms with Crippen molar-refractivity contribution in [2.75, 3.05) is 0 Å². The molecule has 24 heavy (non-hydrogen) atoms. The third-order valence-corrected chi connectivity index (χ3v) is 5.03. The van der Waals surface area contributed by atoms with Gasteiger partial charge in [-0.2, -0.15) is 4.39 Å². The molecule has 132 valence electrons. The standard InChI is InChI=1S/C21H28F2O/c1-3-5-6-16-7-9-17(10-8-16)11-12-18-13-14-19(24-15-4-2)21(23)20(18)22/h3-4,13-17H,1,5-12H2,2H3. The second-order valence-corrected chi connectivity index (χ2v) is 6.73. The number of allylic oxidation sites excluding steroid dienone is 2. The second kappa shape index (κ2) is 9.61. The molecule has 0 amide bonds. The number of rotatable bonds is 8. The van der Waals surface area contributed by atoms with Crippen LogP contribution in [-0.2, 0) is 6.42 Å². The van der Waals surface area contributed by atoms with E-state index in [1.807, 2.05) is 6.08 Å². The molecule has 0 bridgehead atoms. The van der Waals surface area contributed by atoms with Gasteiger partial charge in [0.05, 0.1) is 6.26 Å². The fourth-order valence-electron chi connectivity index (χ4n) is 3.52. The van der Waals surface area contributed by atoms with Crippen molar-refractivity contribution in [3.63, 3.8) is 0 Å². The molecule has 0 saturated heterocycles. The van der Waals surface area contributed by atoms with Crippen LogP contribution in [0, 0.1) is 23.5 Å². The highest BCUT2D eigenvalue weighted by atomic mass is 19.2. The molecule has 1 saturated carbocycles. The van der Waals surface area contributed by atoms with Crippen molar-refractivity contribution < 1.29 is 13.5 Å². The van der Waals surface area contributed by atoms with Gasteiger partial charge in [0, 0.05) is 0 Å². The number of halogens is 2. The van der Waals surface area contributed by atoms with E-state index < -0.39 is 11.6 Å². The van der Waals surface area contributed by atoms with E-state index >= 15 is 0 Å². The third kappa shape index (κ3) is 5.19. The van der Waals surface area contributed by atoms with Crippen molar-refractivity contribution in [1.82, 2.24) is 0 Å². The maximum Gasteiger partial charge on any atom is 0.201 e. The van der Waals surface area contributed by atoms with Crippen LogP contribution in [0.3, 0.4) is 0 Å². The first kappa shape index (κ1) is 18.7. The molecule has 1 aliphatic carbocycles. The summed E-state index contributed by atoms with van der Waals surface area (Å²) in [5.74, 6) is -0.268. The predicted octanol–water partition coefficient (Wildman–Crippen LogP) is 6.58. The molecule has 0 radical (unpaired) electrons. The summed E-state index contributed by atoms with van der Waals surface area (Å²) in [6, 6.07) is 3.16. The average molecular weight is 334 g/mol. The summed E-state index contributed by atoms with van der Waals surface area (Å²) >= 11 is 0. The van der Waals surface area contributed by atoms with Gasteiger partial charge in [-0.25, -0.2) is 4.39 Å². The van der Waals surface area contributed by atoms with Gasteiger partial charge in [-0.1, -0.05) is 43.9 Å². The zero-order chi connectivity index (χ0) is 17.4. The monoisotopic (exact) mass is 334 g/mol. The van der Waals surface area contributed by atoms with Gasteiger partial charge in [0.2, 0.25) is 5.82 Å². The van der Waals surface area contributed by atoms with Crippen LogP contribution in [0.1, 0.15) is 57.4 Å². The minimum Gasteiger partial charge on any atom is -0.462 e. The molecule has 1 fully saturated rings. The topological polar surface area (TPSA) is 9.23 Å². The van der Waals surface area contributed by atoms with Crippen molar-refractivity contribution >= 4 is 0 Å². The Morgan fingerprint density at radius 2 is 1.75 bits per heavy atom. The van der Waals surface area contributed by atoms with Gasteiger partial charge in [-0.15, -0.1) is 6.58 Å². The molecular weight excluding hydrogens is 306 g/mol. The minimum absolute atomic E-state index is 0.0583. The maximum atomic E-state index is 14.2. The molecule has 0 aromatic heterocycles. The first-order chi connectivity index (χ1) is 11.7. The van der Waals surface area contributed by atoms with Gasteiger partial charge in [0.1, 0.15) is 0 Å². The molecule has 0 N–H and O–H groups in total. The predicted molar refractivity (Wildman–Crippen MR) is 95.0 cm³/mol. The van der Waals surface area contributed by atoms with Crippen LogP contribution in [0.2, 0.25) is 0 Å². The van der Waals surface area contributed by atoms with Crippen LogP contribution in [0.25, 0.3) is 0 Å². The van der Waals surface area contributed by atoms with Crippen molar-refractivity contribution in [2.45, 2.75) is 58.3 Å². The summed E-state index contributed by atoms with van der Waals surface area (Å²) in [7, 11) is 0. The lowest BCUT2D eigenvalue weighted by atomic mass is 9.78. The molecule has 1 aromatic carbocycles. The Labute approximate surface area is 144 Å². The van der Waals surface area contributed by atoms with Crippen LogP contribution in [0.5, 0.6) is 5.75 Å². The summed E-state index contributed by atoms with van der Waals surface area (Å²) < 4.78 is 33.2. The Morgan fingerprint density at radius 1 is 1.08 bits per heavy atom. The average Bonchev–Trinajstić information content (AvgIpc) is 2.61. The smallest absolute Gasteiger partial charge is 0.201 e. The molecule has 1 aliphatic rings. The summed E-state index contributed by atoms with van der Waals surface area (Å²) in [6.07, 6.45) is 13.8. The zero-order valence-electron chi connectivity index (χ0n) is 14.6. The van der Waals surface area contributed by atoms with Crippen LogP contribution in [0.4, 0.5) is 8.78 Å². The van der Waals surface area contributed by atoms with E-state index in [-0.39, 0.29) is 5.75 Å².